The molecule has 0 saturated carbocycles. The Labute approximate surface area is 130 Å². The van der Waals surface area contributed by atoms with Crippen molar-refractivity contribution >= 4 is 11.6 Å². The first-order chi connectivity index (χ1) is 9.52. The zero-order chi connectivity index (χ0) is 15.0. The minimum Gasteiger partial charge on any atom is -0.100 e. The summed E-state index contributed by atoms with van der Waals surface area (Å²) in [5.74, 6) is 0.825. The molecule has 0 amide bonds. The predicted octanol–water partition coefficient (Wildman–Crippen LogP) is 6.74. The van der Waals surface area contributed by atoms with Crippen molar-refractivity contribution in [2.45, 2.75) is 65.7 Å². The second-order valence-corrected chi connectivity index (χ2v) is 6.56. The average Bonchev–Trinajstić information content (AvgIpc) is 2.36. The van der Waals surface area contributed by atoms with Crippen molar-refractivity contribution in [3.8, 4) is 0 Å². The number of halogens is 1. The van der Waals surface area contributed by atoms with Crippen LogP contribution in [0.2, 0.25) is 5.02 Å². The molecule has 0 heterocycles. The molecule has 0 bridgehead atoms. The van der Waals surface area contributed by atoms with Gasteiger partial charge in [-0.15, -0.1) is 6.58 Å². The summed E-state index contributed by atoms with van der Waals surface area (Å²) in [6, 6.07) is 6.40. The summed E-state index contributed by atoms with van der Waals surface area (Å²) in [5, 5.41) is 0.928. The fourth-order valence-electron chi connectivity index (χ4n) is 2.85. The van der Waals surface area contributed by atoms with Gasteiger partial charge in [0, 0.05) is 5.02 Å². The van der Waals surface area contributed by atoms with Crippen molar-refractivity contribution in [3.63, 3.8) is 0 Å². The minimum atomic E-state index is 0.825. The van der Waals surface area contributed by atoms with E-state index in [2.05, 4.69) is 45.5 Å². The fourth-order valence-corrected chi connectivity index (χ4v) is 3.18. The van der Waals surface area contributed by atoms with Gasteiger partial charge < -0.3 is 0 Å². The summed E-state index contributed by atoms with van der Waals surface area (Å²) >= 11 is 6.28. The highest BCUT2D eigenvalue weighted by molar-refractivity contribution is 6.31. The summed E-state index contributed by atoms with van der Waals surface area (Å²) in [5.41, 5.74) is 3.86. The fraction of sp³-hybridized carbons (Fsp3) is 0.579. The Morgan fingerprint density at radius 1 is 1.25 bits per heavy atom. The highest BCUT2D eigenvalue weighted by Gasteiger charge is 2.08. The van der Waals surface area contributed by atoms with Crippen LogP contribution in [0.15, 0.2) is 30.4 Å². The Morgan fingerprint density at radius 3 is 2.60 bits per heavy atom. The second kappa shape index (κ2) is 9.23. The van der Waals surface area contributed by atoms with E-state index in [4.69, 9.17) is 11.6 Å². The van der Waals surface area contributed by atoms with Crippen molar-refractivity contribution in [1.82, 2.24) is 0 Å². The quantitative estimate of drug-likeness (QED) is 0.349. The zero-order valence-electron chi connectivity index (χ0n) is 13.3. The van der Waals surface area contributed by atoms with E-state index in [1.165, 1.54) is 55.2 Å². The molecule has 1 rings (SSSR count). The van der Waals surface area contributed by atoms with E-state index in [1.807, 2.05) is 0 Å². The number of hydrogen-bond acceptors (Lipinski definition) is 0. The van der Waals surface area contributed by atoms with Crippen LogP contribution in [0.4, 0.5) is 0 Å². The summed E-state index contributed by atoms with van der Waals surface area (Å²) < 4.78 is 0. The highest BCUT2D eigenvalue weighted by atomic mass is 35.5. The highest BCUT2D eigenvalue weighted by Crippen LogP contribution is 2.24. The van der Waals surface area contributed by atoms with Gasteiger partial charge >= 0.3 is 0 Å². The molecular weight excluding hydrogens is 264 g/mol. The normalized spacial score (nSPS) is 12.4. The molecule has 1 aromatic carbocycles. The Bertz CT molecular complexity index is 420. The second-order valence-electron chi connectivity index (χ2n) is 6.16. The lowest BCUT2D eigenvalue weighted by Gasteiger charge is -2.16. The first-order valence-corrected chi connectivity index (χ1v) is 8.30. The number of aryl methyl sites for hydroxylation is 2. The van der Waals surface area contributed by atoms with Crippen LogP contribution >= 0.6 is 11.6 Å². The maximum Gasteiger partial charge on any atom is 0.0440 e. The largest absolute Gasteiger partial charge is 0.100 e. The van der Waals surface area contributed by atoms with Crippen LogP contribution in [-0.2, 0) is 6.42 Å². The third-order valence-corrected chi connectivity index (χ3v) is 4.20. The summed E-state index contributed by atoms with van der Waals surface area (Å²) in [7, 11) is 0. The third kappa shape index (κ3) is 6.61. The summed E-state index contributed by atoms with van der Waals surface area (Å²) in [6.45, 7) is 10.6. The Balaban J connectivity index is 2.33. The number of unbranched alkanes of at least 4 members (excludes halogenated alkanes) is 1. The number of benzene rings is 1. The van der Waals surface area contributed by atoms with Crippen LogP contribution in [0.25, 0.3) is 0 Å². The first-order valence-electron chi connectivity index (χ1n) is 7.92. The molecule has 20 heavy (non-hydrogen) atoms. The molecule has 0 spiro atoms. The van der Waals surface area contributed by atoms with Crippen molar-refractivity contribution in [3.05, 3.63) is 46.5 Å². The zero-order valence-corrected chi connectivity index (χ0v) is 14.1. The van der Waals surface area contributed by atoms with Crippen LogP contribution in [-0.4, -0.2) is 0 Å². The van der Waals surface area contributed by atoms with Gasteiger partial charge in [0.2, 0.25) is 0 Å². The Kier molecular flexibility index (Phi) is 7.99. The lowest BCUT2D eigenvalue weighted by Crippen LogP contribution is -2.01. The molecule has 0 aliphatic heterocycles. The van der Waals surface area contributed by atoms with Crippen LogP contribution in [0.5, 0.6) is 0 Å². The average molecular weight is 293 g/mol. The molecule has 0 saturated heterocycles. The summed E-state index contributed by atoms with van der Waals surface area (Å²) in [4.78, 5) is 0. The molecule has 0 aliphatic rings. The molecule has 112 valence electrons. The van der Waals surface area contributed by atoms with Crippen molar-refractivity contribution in [2.75, 3.05) is 0 Å². The Hall–Kier alpha value is -0.750. The molecule has 0 fully saturated rings. The minimum absolute atomic E-state index is 0.825. The predicted molar refractivity (Wildman–Crippen MR) is 91.6 cm³/mol. The monoisotopic (exact) mass is 292 g/mol. The van der Waals surface area contributed by atoms with E-state index in [1.54, 1.807) is 0 Å². The standard InChI is InChI=1S/C19H29Cl/c1-5-8-17(13-15(2)3)9-6-7-10-18-12-11-16(4)14-19(18)20/h11-12,14,17H,2,5-10,13H2,1,3-4H3. The lowest BCUT2D eigenvalue weighted by molar-refractivity contribution is 0.422. The first kappa shape index (κ1) is 17.3. The van der Waals surface area contributed by atoms with Crippen molar-refractivity contribution in [2.24, 2.45) is 5.92 Å². The molecule has 1 heteroatoms. The molecule has 1 aromatic rings. The summed E-state index contributed by atoms with van der Waals surface area (Å²) in [6.07, 6.45) is 8.76. The van der Waals surface area contributed by atoms with Crippen molar-refractivity contribution in [1.29, 1.82) is 0 Å². The van der Waals surface area contributed by atoms with Gasteiger partial charge in [-0.1, -0.05) is 61.9 Å². The molecule has 0 aromatic heterocycles. The van der Waals surface area contributed by atoms with Gasteiger partial charge in [-0.25, -0.2) is 0 Å². The van der Waals surface area contributed by atoms with E-state index >= 15 is 0 Å². The topological polar surface area (TPSA) is 0 Å². The lowest BCUT2D eigenvalue weighted by atomic mass is 9.90. The van der Waals surface area contributed by atoms with Gasteiger partial charge in [0.1, 0.15) is 0 Å². The van der Waals surface area contributed by atoms with Gasteiger partial charge in [-0.05, 0) is 56.2 Å². The maximum atomic E-state index is 6.28. The van der Waals surface area contributed by atoms with Crippen LogP contribution in [0.1, 0.15) is 63.5 Å². The van der Waals surface area contributed by atoms with Crippen molar-refractivity contribution < 1.29 is 0 Å². The van der Waals surface area contributed by atoms with E-state index < -0.39 is 0 Å². The number of hydrogen-bond donors (Lipinski definition) is 0. The van der Waals surface area contributed by atoms with E-state index in [9.17, 15) is 0 Å². The molecule has 1 unspecified atom stereocenters. The van der Waals surface area contributed by atoms with E-state index in [-0.39, 0.29) is 0 Å². The molecule has 0 radical (unpaired) electrons. The van der Waals surface area contributed by atoms with Gasteiger partial charge in [0.25, 0.3) is 0 Å². The maximum absolute atomic E-state index is 6.28. The molecular formula is C19H29Cl. The molecule has 0 N–H and O–H groups in total. The van der Waals surface area contributed by atoms with Crippen LogP contribution in [0, 0.1) is 12.8 Å². The third-order valence-electron chi connectivity index (χ3n) is 3.85. The Morgan fingerprint density at radius 2 is 2.00 bits per heavy atom. The number of rotatable bonds is 9. The van der Waals surface area contributed by atoms with E-state index in [0.717, 1.165) is 17.4 Å². The SMILES string of the molecule is C=C(C)CC(CCC)CCCCc1ccc(C)cc1Cl. The van der Waals surface area contributed by atoms with Gasteiger partial charge in [0.05, 0.1) is 0 Å². The van der Waals surface area contributed by atoms with E-state index in [0.29, 0.717) is 0 Å². The van der Waals surface area contributed by atoms with Crippen LogP contribution < -0.4 is 0 Å². The van der Waals surface area contributed by atoms with Gasteiger partial charge in [0.15, 0.2) is 0 Å². The van der Waals surface area contributed by atoms with Gasteiger partial charge in [-0.2, -0.15) is 0 Å². The molecule has 1 atom stereocenters. The molecule has 0 aliphatic carbocycles. The van der Waals surface area contributed by atoms with Gasteiger partial charge in [-0.3, -0.25) is 0 Å². The van der Waals surface area contributed by atoms with Crippen LogP contribution in [0.3, 0.4) is 0 Å². The smallest absolute Gasteiger partial charge is 0.0440 e. The number of allylic oxidation sites excluding steroid dienone is 1. The molecule has 0 nitrogen and oxygen atoms in total.